The molecule has 162 valence electrons. The Balaban J connectivity index is 1.76. The highest BCUT2D eigenvalue weighted by molar-refractivity contribution is 7.09. The fraction of sp³-hybridized carbons (Fsp3) is 0.455. The fourth-order valence-corrected chi connectivity index (χ4v) is 3.98. The molecule has 0 aliphatic carbocycles. The number of fused-ring (bicyclic) bond motifs is 1. The van der Waals surface area contributed by atoms with Crippen LogP contribution in [0.3, 0.4) is 0 Å². The second-order valence-corrected chi connectivity index (χ2v) is 8.65. The smallest absolute Gasteiger partial charge is 0.249 e. The van der Waals surface area contributed by atoms with Crippen molar-refractivity contribution in [1.82, 2.24) is 9.80 Å². The molecular weight excluding hydrogens is 404 g/mol. The number of hydrogen-bond acceptors (Lipinski definition) is 6. The summed E-state index contributed by atoms with van der Waals surface area (Å²) in [5.41, 5.74) is 0.947. The number of nitrogens with zero attached hydrogens (tertiary/aromatic N) is 2. The van der Waals surface area contributed by atoms with Gasteiger partial charge in [0.2, 0.25) is 18.6 Å². The molecule has 1 aromatic heterocycles. The van der Waals surface area contributed by atoms with Crippen molar-refractivity contribution >= 4 is 23.2 Å². The van der Waals surface area contributed by atoms with Gasteiger partial charge < -0.3 is 24.0 Å². The maximum atomic E-state index is 13.2. The van der Waals surface area contributed by atoms with Crippen LogP contribution in [-0.2, 0) is 27.4 Å². The van der Waals surface area contributed by atoms with Gasteiger partial charge in [-0.1, -0.05) is 26.0 Å². The van der Waals surface area contributed by atoms with E-state index in [1.54, 1.807) is 21.1 Å². The van der Waals surface area contributed by atoms with Crippen molar-refractivity contribution in [2.75, 3.05) is 33.6 Å². The molecule has 3 rings (SSSR count). The molecule has 7 nitrogen and oxygen atoms in total. The fourth-order valence-electron chi connectivity index (χ4n) is 3.26. The van der Waals surface area contributed by atoms with Crippen molar-refractivity contribution < 1.29 is 23.8 Å². The first-order chi connectivity index (χ1) is 14.5. The average Bonchev–Trinajstić information content (AvgIpc) is 3.38. The number of carbonyl (C=O) groups is 2. The molecule has 1 aliphatic heterocycles. The Kier molecular flexibility index (Phi) is 7.70. The van der Waals surface area contributed by atoms with Gasteiger partial charge in [-0.2, -0.15) is 0 Å². The first-order valence-electron chi connectivity index (χ1n) is 9.91. The Bertz CT molecular complexity index is 853. The highest BCUT2D eigenvalue weighted by Gasteiger charge is 2.23. The minimum atomic E-state index is -0.182. The molecule has 0 spiro atoms. The zero-order valence-corrected chi connectivity index (χ0v) is 18.4. The van der Waals surface area contributed by atoms with Gasteiger partial charge >= 0.3 is 0 Å². The molecule has 8 heteroatoms. The van der Waals surface area contributed by atoms with E-state index >= 15 is 0 Å². The van der Waals surface area contributed by atoms with Crippen LogP contribution in [0.15, 0.2) is 35.7 Å². The van der Waals surface area contributed by atoms with E-state index in [1.165, 1.54) is 7.11 Å². The maximum Gasteiger partial charge on any atom is 0.249 e. The van der Waals surface area contributed by atoms with E-state index in [4.69, 9.17) is 14.2 Å². The Morgan fingerprint density at radius 3 is 2.60 bits per heavy atom. The minimum absolute atomic E-state index is 0.0241. The van der Waals surface area contributed by atoms with E-state index in [-0.39, 0.29) is 37.7 Å². The number of rotatable bonds is 10. The third-order valence-corrected chi connectivity index (χ3v) is 5.48. The quantitative estimate of drug-likeness (QED) is 0.577. The molecule has 0 saturated heterocycles. The molecule has 0 N–H and O–H groups in total. The molecule has 2 amide bonds. The van der Waals surface area contributed by atoms with E-state index in [0.29, 0.717) is 31.1 Å². The van der Waals surface area contributed by atoms with Crippen molar-refractivity contribution in [3.05, 3.63) is 46.2 Å². The molecule has 1 aromatic carbocycles. The van der Waals surface area contributed by atoms with Crippen molar-refractivity contribution in [3.8, 4) is 11.5 Å². The van der Waals surface area contributed by atoms with Crippen LogP contribution in [-0.4, -0.2) is 55.2 Å². The van der Waals surface area contributed by atoms with Gasteiger partial charge in [-0.3, -0.25) is 9.59 Å². The van der Waals surface area contributed by atoms with Gasteiger partial charge in [0.25, 0.3) is 0 Å². The summed E-state index contributed by atoms with van der Waals surface area (Å²) in [7, 11) is 1.48. The van der Waals surface area contributed by atoms with Crippen LogP contribution in [0.4, 0.5) is 0 Å². The molecule has 0 saturated carbocycles. The lowest BCUT2D eigenvalue weighted by Crippen LogP contribution is -2.45. The molecule has 30 heavy (non-hydrogen) atoms. The van der Waals surface area contributed by atoms with E-state index in [2.05, 4.69) is 0 Å². The van der Waals surface area contributed by atoms with Crippen LogP contribution in [0.25, 0.3) is 0 Å². The summed E-state index contributed by atoms with van der Waals surface area (Å²) in [6.45, 7) is 5.65. The van der Waals surface area contributed by atoms with Crippen LogP contribution in [0, 0.1) is 5.92 Å². The summed E-state index contributed by atoms with van der Waals surface area (Å²) >= 11 is 1.60. The largest absolute Gasteiger partial charge is 0.454 e. The van der Waals surface area contributed by atoms with Gasteiger partial charge in [0.05, 0.1) is 13.1 Å². The van der Waals surface area contributed by atoms with Crippen LogP contribution >= 0.6 is 11.3 Å². The summed E-state index contributed by atoms with van der Waals surface area (Å²) in [5.74, 6) is 1.36. The summed E-state index contributed by atoms with van der Waals surface area (Å²) in [5, 5.41) is 1.99. The maximum absolute atomic E-state index is 13.2. The Morgan fingerprint density at radius 2 is 1.90 bits per heavy atom. The Labute approximate surface area is 181 Å². The third kappa shape index (κ3) is 5.96. The molecule has 0 bridgehead atoms. The van der Waals surface area contributed by atoms with Crippen molar-refractivity contribution in [1.29, 1.82) is 0 Å². The summed E-state index contributed by atoms with van der Waals surface area (Å²) in [6, 6.07) is 9.67. The lowest BCUT2D eigenvalue weighted by Gasteiger charge is -2.28. The number of methoxy groups -OCH3 is 1. The van der Waals surface area contributed by atoms with Crippen LogP contribution in [0.5, 0.6) is 11.5 Å². The molecule has 0 fully saturated rings. The van der Waals surface area contributed by atoms with Crippen LogP contribution in [0.1, 0.15) is 24.3 Å². The number of amides is 2. The van der Waals surface area contributed by atoms with Gasteiger partial charge in [0.15, 0.2) is 11.5 Å². The number of benzene rings is 1. The predicted octanol–water partition coefficient (Wildman–Crippen LogP) is 3.14. The SMILES string of the molecule is COCC(=O)N(CC(=O)N(Cc1ccc2c(c1)OCO2)Cc1cccs1)CC(C)C. The van der Waals surface area contributed by atoms with Crippen molar-refractivity contribution in [2.24, 2.45) is 5.92 Å². The van der Waals surface area contributed by atoms with E-state index in [1.807, 2.05) is 49.6 Å². The van der Waals surface area contributed by atoms with Crippen molar-refractivity contribution in [3.63, 3.8) is 0 Å². The molecule has 2 aromatic rings. The monoisotopic (exact) mass is 432 g/mol. The summed E-state index contributed by atoms with van der Waals surface area (Å²) in [6.07, 6.45) is 0. The number of carbonyl (C=O) groups excluding carboxylic acids is 2. The predicted molar refractivity (Wildman–Crippen MR) is 114 cm³/mol. The molecule has 0 atom stereocenters. The summed E-state index contributed by atoms with van der Waals surface area (Å²) in [4.78, 5) is 30.1. The van der Waals surface area contributed by atoms with Gasteiger partial charge in [0.1, 0.15) is 6.61 Å². The van der Waals surface area contributed by atoms with Crippen molar-refractivity contribution in [2.45, 2.75) is 26.9 Å². The zero-order chi connectivity index (χ0) is 21.5. The normalized spacial score (nSPS) is 12.3. The molecule has 0 unspecified atom stereocenters. The van der Waals surface area contributed by atoms with E-state index in [0.717, 1.165) is 10.4 Å². The minimum Gasteiger partial charge on any atom is -0.454 e. The van der Waals surface area contributed by atoms with E-state index < -0.39 is 0 Å². The number of hydrogen-bond donors (Lipinski definition) is 0. The van der Waals surface area contributed by atoms with Gasteiger partial charge in [-0.25, -0.2) is 0 Å². The molecular formula is C22H28N2O5S. The second-order valence-electron chi connectivity index (χ2n) is 7.62. The van der Waals surface area contributed by atoms with Gasteiger partial charge in [0, 0.05) is 25.1 Å². The highest BCUT2D eigenvalue weighted by atomic mass is 32.1. The summed E-state index contributed by atoms with van der Waals surface area (Å²) < 4.78 is 15.8. The lowest BCUT2D eigenvalue weighted by molar-refractivity contribution is -0.143. The van der Waals surface area contributed by atoms with Crippen LogP contribution < -0.4 is 9.47 Å². The van der Waals surface area contributed by atoms with E-state index in [9.17, 15) is 9.59 Å². The zero-order valence-electron chi connectivity index (χ0n) is 17.6. The number of ether oxygens (including phenoxy) is 3. The molecule has 0 radical (unpaired) electrons. The average molecular weight is 433 g/mol. The topological polar surface area (TPSA) is 68.3 Å². The second kappa shape index (κ2) is 10.4. The van der Waals surface area contributed by atoms with Gasteiger partial charge in [-0.15, -0.1) is 11.3 Å². The highest BCUT2D eigenvalue weighted by Crippen LogP contribution is 2.33. The first-order valence-corrected chi connectivity index (χ1v) is 10.8. The first kappa shape index (κ1) is 22.1. The van der Waals surface area contributed by atoms with Crippen LogP contribution in [0.2, 0.25) is 0 Å². The lowest BCUT2D eigenvalue weighted by atomic mass is 10.1. The Morgan fingerprint density at radius 1 is 1.10 bits per heavy atom. The standard InChI is InChI=1S/C22H28N2O5S/c1-16(2)10-23(22(26)14-27-3)13-21(25)24(12-18-5-4-8-30-18)11-17-6-7-19-20(9-17)29-15-28-19/h4-9,16H,10-15H2,1-3H3. The molecule has 1 aliphatic rings. The number of thiophene rings is 1. The third-order valence-electron chi connectivity index (χ3n) is 4.62. The molecule has 2 heterocycles. The van der Waals surface area contributed by atoms with Gasteiger partial charge in [-0.05, 0) is 35.1 Å². The Hall–Kier alpha value is -2.58.